The predicted octanol–water partition coefficient (Wildman–Crippen LogP) is 1.57. The average Bonchev–Trinajstić information content (AvgIpc) is 2.53. The van der Waals surface area contributed by atoms with Crippen LogP contribution in [0.2, 0.25) is 0 Å². The van der Waals surface area contributed by atoms with Crippen LogP contribution in [-0.2, 0) is 9.72 Å². The van der Waals surface area contributed by atoms with Crippen LogP contribution in [0, 0.1) is 6.92 Å². The first-order valence-corrected chi connectivity index (χ1v) is 6.35. The summed E-state index contributed by atoms with van der Waals surface area (Å²) in [5, 5.41) is 2.22. The molecule has 0 amide bonds. The van der Waals surface area contributed by atoms with Crippen molar-refractivity contribution in [2.75, 3.05) is 0 Å². The highest BCUT2D eigenvalue weighted by atomic mass is 31.2. The van der Waals surface area contributed by atoms with Gasteiger partial charge in [-0.25, -0.2) is 0 Å². The molecule has 15 heavy (non-hydrogen) atoms. The zero-order chi connectivity index (χ0) is 11.7. The first-order chi connectivity index (χ1) is 6.87. The van der Waals surface area contributed by atoms with E-state index in [0.717, 1.165) is 0 Å². The molecule has 0 bridgehead atoms. The first-order valence-electron chi connectivity index (χ1n) is 4.74. The second-order valence-corrected chi connectivity index (χ2v) is 5.37. The van der Waals surface area contributed by atoms with Crippen LogP contribution in [-0.4, -0.2) is 19.9 Å². The van der Waals surface area contributed by atoms with Crippen LogP contribution < -0.4 is 0 Å². The highest BCUT2D eigenvalue weighted by molar-refractivity contribution is 7.53. The third-order valence-electron chi connectivity index (χ3n) is 2.65. The lowest BCUT2D eigenvalue weighted by Crippen LogP contribution is -2.25. The van der Waals surface area contributed by atoms with Crippen molar-refractivity contribution in [1.29, 1.82) is 0 Å². The molecule has 2 N–H and O–H groups in total. The van der Waals surface area contributed by atoms with Crippen molar-refractivity contribution < 1.29 is 18.9 Å². The van der Waals surface area contributed by atoms with Gasteiger partial charge >= 0.3 is 7.60 Å². The topological polar surface area (TPSA) is 96.5 Å². The van der Waals surface area contributed by atoms with Gasteiger partial charge in [0, 0.05) is 0 Å². The number of aryl methyl sites for hydroxylation is 1. The Morgan fingerprint density at radius 3 is 2.20 bits per heavy atom. The summed E-state index contributed by atoms with van der Waals surface area (Å²) in [6.45, 7) is 5.01. The summed E-state index contributed by atoms with van der Waals surface area (Å²) in [4.78, 5) is 22.7. The summed E-state index contributed by atoms with van der Waals surface area (Å²) in [5.41, 5.74) is 0. The zero-order valence-corrected chi connectivity index (χ0v) is 9.86. The lowest BCUT2D eigenvalue weighted by Gasteiger charge is -2.27. The van der Waals surface area contributed by atoms with Crippen LogP contribution in [0.25, 0.3) is 0 Å². The van der Waals surface area contributed by atoms with Gasteiger partial charge in [-0.05, 0) is 19.8 Å². The van der Waals surface area contributed by atoms with Crippen molar-refractivity contribution in [2.45, 2.75) is 38.8 Å². The largest absolute Gasteiger partial charge is 0.341 e. The summed E-state index contributed by atoms with van der Waals surface area (Å²) in [6, 6.07) is 0. The lowest BCUT2D eigenvalue weighted by molar-refractivity contribution is 0.263. The fraction of sp³-hybridized carbons (Fsp3) is 0.750. The van der Waals surface area contributed by atoms with Gasteiger partial charge in [-0.1, -0.05) is 19.0 Å². The molecule has 0 fully saturated rings. The third kappa shape index (κ3) is 1.97. The number of hydrogen-bond donors (Lipinski definition) is 2. The van der Waals surface area contributed by atoms with E-state index in [1.165, 1.54) is 0 Å². The SMILES string of the molecule is CCC(CC)(c1nc(C)no1)P(=O)(O)O. The third-order valence-corrected chi connectivity index (χ3v) is 4.59. The monoisotopic (exact) mass is 234 g/mol. The predicted molar refractivity (Wildman–Crippen MR) is 53.3 cm³/mol. The molecule has 0 aliphatic heterocycles. The normalized spacial score (nSPS) is 13.1. The summed E-state index contributed by atoms with van der Waals surface area (Å²) >= 11 is 0. The smallest absolute Gasteiger partial charge is 0.338 e. The van der Waals surface area contributed by atoms with Gasteiger partial charge in [-0.15, -0.1) is 0 Å². The number of hydrogen-bond acceptors (Lipinski definition) is 4. The zero-order valence-electron chi connectivity index (χ0n) is 8.97. The molecule has 0 unspecified atom stereocenters. The summed E-state index contributed by atoms with van der Waals surface area (Å²) < 4.78 is 16.4. The Morgan fingerprint density at radius 2 is 1.93 bits per heavy atom. The Balaban J connectivity index is 3.29. The molecule has 0 spiro atoms. The molecule has 0 saturated carbocycles. The van der Waals surface area contributed by atoms with E-state index in [0.29, 0.717) is 5.82 Å². The van der Waals surface area contributed by atoms with E-state index in [1.807, 2.05) is 0 Å². The molecule has 1 heterocycles. The Bertz CT molecular complexity index is 380. The molecule has 0 aliphatic carbocycles. The number of nitrogens with zero attached hydrogens (tertiary/aromatic N) is 2. The van der Waals surface area contributed by atoms with Crippen LogP contribution in [0.4, 0.5) is 0 Å². The van der Waals surface area contributed by atoms with E-state index < -0.39 is 12.8 Å². The fourth-order valence-electron chi connectivity index (χ4n) is 1.58. The molecule has 6 nitrogen and oxygen atoms in total. The molecule has 0 radical (unpaired) electrons. The molecule has 0 atom stereocenters. The van der Waals surface area contributed by atoms with Crippen LogP contribution in [0.15, 0.2) is 4.52 Å². The van der Waals surface area contributed by atoms with E-state index in [9.17, 15) is 14.4 Å². The van der Waals surface area contributed by atoms with E-state index in [4.69, 9.17) is 4.52 Å². The van der Waals surface area contributed by atoms with Crippen molar-refractivity contribution in [3.8, 4) is 0 Å². The number of aromatic nitrogens is 2. The average molecular weight is 234 g/mol. The second kappa shape index (κ2) is 4.04. The number of rotatable bonds is 4. The van der Waals surface area contributed by atoms with E-state index in [-0.39, 0.29) is 18.7 Å². The minimum absolute atomic E-state index is 0.0262. The quantitative estimate of drug-likeness (QED) is 0.767. The van der Waals surface area contributed by atoms with Crippen molar-refractivity contribution in [1.82, 2.24) is 10.1 Å². The van der Waals surface area contributed by atoms with Gasteiger partial charge in [-0.3, -0.25) is 4.57 Å². The molecule has 7 heteroatoms. The summed E-state index contributed by atoms with van der Waals surface area (Å²) in [5.74, 6) is 0.406. The van der Waals surface area contributed by atoms with E-state index in [1.54, 1.807) is 20.8 Å². The molecule has 1 rings (SSSR count). The van der Waals surface area contributed by atoms with E-state index >= 15 is 0 Å². The maximum Gasteiger partial charge on any atom is 0.341 e. The van der Waals surface area contributed by atoms with Gasteiger partial charge in [0.15, 0.2) is 11.0 Å². The van der Waals surface area contributed by atoms with Gasteiger partial charge in [0.25, 0.3) is 0 Å². The van der Waals surface area contributed by atoms with Gasteiger partial charge in [0.2, 0.25) is 5.89 Å². The molecular weight excluding hydrogens is 219 g/mol. The van der Waals surface area contributed by atoms with Gasteiger partial charge in [-0.2, -0.15) is 4.98 Å². The van der Waals surface area contributed by atoms with Crippen molar-refractivity contribution in [2.24, 2.45) is 0 Å². The fourth-order valence-corrected chi connectivity index (χ4v) is 2.74. The van der Waals surface area contributed by atoms with Crippen molar-refractivity contribution >= 4 is 7.60 Å². The summed E-state index contributed by atoms with van der Waals surface area (Å²) in [7, 11) is -4.31. The molecule has 0 aliphatic rings. The Morgan fingerprint density at radius 1 is 1.40 bits per heavy atom. The van der Waals surface area contributed by atoms with Gasteiger partial charge in [0.1, 0.15) is 0 Å². The van der Waals surface area contributed by atoms with Crippen LogP contribution in [0.1, 0.15) is 38.4 Å². The maximum atomic E-state index is 11.5. The van der Waals surface area contributed by atoms with E-state index in [2.05, 4.69) is 10.1 Å². The minimum Gasteiger partial charge on any atom is -0.338 e. The van der Waals surface area contributed by atoms with Crippen LogP contribution >= 0.6 is 7.60 Å². The van der Waals surface area contributed by atoms with Gasteiger partial charge in [0.05, 0.1) is 0 Å². The molecule has 86 valence electrons. The first kappa shape index (κ1) is 12.4. The summed E-state index contributed by atoms with van der Waals surface area (Å²) in [6.07, 6.45) is 0.519. The van der Waals surface area contributed by atoms with Gasteiger partial charge < -0.3 is 14.3 Å². The van der Waals surface area contributed by atoms with Crippen LogP contribution in [0.3, 0.4) is 0 Å². The molecule has 0 saturated heterocycles. The highest BCUT2D eigenvalue weighted by Crippen LogP contribution is 2.60. The molecule has 0 aromatic carbocycles. The lowest BCUT2D eigenvalue weighted by atomic mass is 10.0. The molecule has 1 aromatic heterocycles. The highest BCUT2D eigenvalue weighted by Gasteiger charge is 2.50. The molecule has 1 aromatic rings. The Hall–Kier alpha value is -0.710. The second-order valence-electron chi connectivity index (χ2n) is 3.43. The van der Waals surface area contributed by atoms with Crippen molar-refractivity contribution in [3.63, 3.8) is 0 Å². The minimum atomic E-state index is -4.31. The Kier molecular flexibility index (Phi) is 3.33. The van der Waals surface area contributed by atoms with Crippen LogP contribution in [0.5, 0.6) is 0 Å². The maximum absolute atomic E-state index is 11.5. The van der Waals surface area contributed by atoms with Crippen molar-refractivity contribution in [3.05, 3.63) is 11.7 Å². The molecular formula is C8H15N2O4P. The standard InChI is InChI=1S/C8H15N2O4P/c1-4-8(5-2,15(11,12)13)7-9-6(3)10-14-7/h4-5H2,1-3H3,(H2,11,12,13). The Labute approximate surface area is 87.9 Å².